The fraction of sp³-hybridized carbons (Fsp3) is 0.429. The van der Waals surface area contributed by atoms with Gasteiger partial charge in [0, 0.05) is 12.2 Å². The first kappa shape index (κ1) is 13.9. The van der Waals surface area contributed by atoms with E-state index >= 15 is 0 Å². The first-order valence-electron chi connectivity index (χ1n) is 6.44. The number of fused-ring (bicyclic) bond motifs is 1. The van der Waals surface area contributed by atoms with Gasteiger partial charge in [0.05, 0.1) is 9.34 Å². The summed E-state index contributed by atoms with van der Waals surface area (Å²) in [5, 5.41) is 0. The normalized spacial score (nSPS) is 28.6. The number of rotatable bonds is 2. The van der Waals surface area contributed by atoms with E-state index in [4.69, 9.17) is 4.74 Å². The summed E-state index contributed by atoms with van der Waals surface area (Å²) in [7, 11) is 0. The SMILES string of the molecule is C[C@@]12CCC(=O)N1[C@@H](C(=O)Oc1ccccc1Br)CS2. The number of carbonyl (C=O) groups excluding carboxylic acids is 2. The topological polar surface area (TPSA) is 46.6 Å². The van der Waals surface area contributed by atoms with Crippen LogP contribution in [0.1, 0.15) is 19.8 Å². The van der Waals surface area contributed by atoms with Crippen molar-refractivity contribution in [3.05, 3.63) is 28.7 Å². The number of carbonyl (C=O) groups is 2. The first-order valence-corrected chi connectivity index (χ1v) is 8.21. The Labute approximate surface area is 130 Å². The summed E-state index contributed by atoms with van der Waals surface area (Å²) in [6.45, 7) is 2.02. The van der Waals surface area contributed by atoms with Gasteiger partial charge < -0.3 is 9.64 Å². The standard InChI is InChI=1S/C14H14BrNO3S/c1-14-7-6-12(17)16(14)10(8-20-14)13(18)19-11-5-3-2-4-9(11)15/h2-5,10H,6-8H2,1H3/t10-,14-/m1/s1. The summed E-state index contributed by atoms with van der Waals surface area (Å²) < 4.78 is 6.17. The third-order valence-corrected chi connectivity index (χ3v) is 5.92. The zero-order valence-corrected chi connectivity index (χ0v) is 13.4. The van der Waals surface area contributed by atoms with Crippen LogP contribution in [0.15, 0.2) is 28.7 Å². The van der Waals surface area contributed by atoms with Crippen molar-refractivity contribution in [2.24, 2.45) is 0 Å². The van der Waals surface area contributed by atoms with Crippen LogP contribution in [0.5, 0.6) is 5.75 Å². The number of nitrogens with zero attached hydrogens (tertiary/aromatic N) is 1. The van der Waals surface area contributed by atoms with E-state index in [1.54, 1.807) is 22.7 Å². The van der Waals surface area contributed by atoms with Crippen LogP contribution in [-0.2, 0) is 9.59 Å². The van der Waals surface area contributed by atoms with Gasteiger partial charge in [-0.25, -0.2) is 4.79 Å². The Kier molecular flexibility index (Phi) is 3.54. The lowest BCUT2D eigenvalue weighted by Gasteiger charge is -2.29. The van der Waals surface area contributed by atoms with Gasteiger partial charge in [0.1, 0.15) is 11.8 Å². The fourth-order valence-corrected chi connectivity index (χ4v) is 4.48. The largest absolute Gasteiger partial charge is 0.424 e. The number of halogens is 1. The van der Waals surface area contributed by atoms with E-state index in [0.29, 0.717) is 17.9 Å². The van der Waals surface area contributed by atoms with Crippen molar-refractivity contribution >= 4 is 39.6 Å². The van der Waals surface area contributed by atoms with Crippen LogP contribution in [0, 0.1) is 0 Å². The molecule has 0 saturated carbocycles. The molecule has 1 aromatic carbocycles. The highest BCUT2D eigenvalue weighted by Crippen LogP contribution is 2.47. The molecule has 0 radical (unpaired) electrons. The molecule has 2 aliphatic rings. The molecule has 106 valence electrons. The van der Waals surface area contributed by atoms with Gasteiger partial charge in [-0.2, -0.15) is 0 Å². The van der Waals surface area contributed by atoms with E-state index in [1.165, 1.54) is 0 Å². The first-order chi connectivity index (χ1) is 9.51. The highest BCUT2D eigenvalue weighted by molar-refractivity contribution is 9.10. The zero-order valence-electron chi connectivity index (χ0n) is 11.0. The minimum atomic E-state index is -0.480. The van der Waals surface area contributed by atoms with Crippen LogP contribution in [0.4, 0.5) is 0 Å². The van der Waals surface area contributed by atoms with E-state index < -0.39 is 6.04 Å². The Morgan fingerprint density at radius 1 is 1.50 bits per heavy atom. The second kappa shape index (κ2) is 5.07. The Hall–Kier alpha value is -1.01. The van der Waals surface area contributed by atoms with E-state index in [-0.39, 0.29) is 16.7 Å². The third kappa shape index (κ3) is 2.24. The Balaban J connectivity index is 1.79. The maximum absolute atomic E-state index is 12.3. The molecule has 3 rings (SSSR count). The quantitative estimate of drug-likeness (QED) is 0.604. The second-order valence-corrected chi connectivity index (χ2v) is 7.47. The van der Waals surface area contributed by atoms with Crippen LogP contribution in [0.25, 0.3) is 0 Å². The molecule has 0 aliphatic carbocycles. The summed E-state index contributed by atoms with van der Waals surface area (Å²) >= 11 is 5.01. The number of para-hydroxylation sites is 1. The predicted octanol–water partition coefficient (Wildman–Crippen LogP) is 2.81. The third-order valence-electron chi connectivity index (χ3n) is 3.76. The lowest BCUT2D eigenvalue weighted by molar-refractivity contribution is -0.146. The van der Waals surface area contributed by atoms with Crippen molar-refractivity contribution in [2.75, 3.05) is 5.75 Å². The minimum absolute atomic E-state index is 0.0478. The van der Waals surface area contributed by atoms with Crippen LogP contribution >= 0.6 is 27.7 Å². The van der Waals surface area contributed by atoms with Gasteiger partial charge in [0.25, 0.3) is 0 Å². The highest BCUT2D eigenvalue weighted by atomic mass is 79.9. The van der Waals surface area contributed by atoms with Crippen molar-refractivity contribution in [3.8, 4) is 5.75 Å². The minimum Gasteiger partial charge on any atom is -0.424 e. The van der Waals surface area contributed by atoms with E-state index in [9.17, 15) is 9.59 Å². The second-order valence-electron chi connectivity index (χ2n) is 5.12. The maximum atomic E-state index is 12.3. The summed E-state index contributed by atoms with van der Waals surface area (Å²) in [6.07, 6.45) is 1.32. The molecule has 1 aromatic rings. The van der Waals surface area contributed by atoms with Crippen LogP contribution < -0.4 is 4.74 Å². The summed E-state index contributed by atoms with van der Waals surface area (Å²) in [5.74, 6) is 0.781. The molecule has 2 atom stereocenters. The average molecular weight is 356 g/mol. The molecule has 0 bridgehead atoms. The van der Waals surface area contributed by atoms with Gasteiger partial charge >= 0.3 is 5.97 Å². The molecule has 2 fully saturated rings. The number of hydrogen-bond acceptors (Lipinski definition) is 4. The molecule has 0 aromatic heterocycles. The lowest BCUT2D eigenvalue weighted by atomic mass is 10.2. The van der Waals surface area contributed by atoms with Crippen molar-refractivity contribution in [1.82, 2.24) is 4.90 Å². The Morgan fingerprint density at radius 2 is 2.25 bits per heavy atom. The van der Waals surface area contributed by atoms with Gasteiger partial charge in [-0.3, -0.25) is 4.79 Å². The van der Waals surface area contributed by atoms with Crippen LogP contribution in [0.3, 0.4) is 0 Å². The smallest absolute Gasteiger partial charge is 0.335 e. The van der Waals surface area contributed by atoms with Crippen molar-refractivity contribution in [2.45, 2.75) is 30.7 Å². The number of esters is 1. The molecule has 2 heterocycles. The van der Waals surface area contributed by atoms with Crippen LogP contribution in [0.2, 0.25) is 0 Å². The number of amides is 1. The molecule has 2 saturated heterocycles. The highest BCUT2D eigenvalue weighted by Gasteiger charge is 2.53. The Bertz CT molecular complexity index is 579. The van der Waals surface area contributed by atoms with Gasteiger partial charge in [-0.15, -0.1) is 11.8 Å². The molecular weight excluding hydrogens is 342 g/mol. The van der Waals surface area contributed by atoms with Gasteiger partial charge in [-0.05, 0) is 41.4 Å². The summed E-state index contributed by atoms with van der Waals surface area (Å²) in [4.78, 5) is 25.8. The summed E-state index contributed by atoms with van der Waals surface area (Å²) in [5.41, 5.74) is 0. The van der Waals surface area contributed by atoms with Crippen LogP contribution in [-0.4, -0.2) is 33.4 Å². The van der Waals surface area contributed by atoms with Gasteiger partial charge in [-0.1, -0.05) is 12.1 Å². The molecule has 0 spiro atoms. The van der Waals surface area contributed by atoms with E-state index in [2.05, 4.69) is 15.9 Å². The fourth-order valence-electron chi connectivity index (χ4n) is 2.70. The molecule has 20 heavy (non-hydrogen) atoms. The van der Waals surface area contributed by atoms with E-state index in [0.717, 1.165) is 10.9 Å². The summed E-state index contributed by atoms with van der Waals surface area (Å²) in [6, 6.07) is 6.73. The molecule has 0 N–H and O–H groups in total. The monoisotopic (exact) mass is 355 g/mol. The number of ether oxygens (including phenoxy) is 1. The van der Waals surface area contributed by atoms with Gasteiger partial charge in [0.2, 0.25) is 5.91 Å². The predicted molar refractivity (Wildman–Crippen MR) is 80.5 cm³/mol. The molecule has 2 aliphatic heterocycles. The zero-order chi connectivity index (χ0) is 14.3. The number of benzene rings is 1. The average Bonchev–Trinajstić information content (AvgIpc) is 2.90. The number of thioether (sulfide) groups is 1. The molecule has 1 amide bonds. The van der Waals surface area contributed by atoms with Crippen molar-refractivity contribution in [3.63, 3.8) is 0 Å². The molecule has 6 heteroatoms. The maximum Gasteiger partial charge on any atom is 0.335 e. The molecule has 0 unspecified atom stereocenters. The van der Waals surface area contributed by atoms with Crippen molar-refractivity contribution < 1.29 is 14.3 Å². The molecular formula is C14H14BrNO3S. The van der Waals surface area contributed by atoms with Crippen molar-refractivity contribution in [1.29, 1.82) is 0 Å². The lowest BCUT2D eigenvalue weighted by Crippen LogP contribution is -2.47. The molecule has 4 nitrogen and oxygen atoms in total. The Morgan fingerprint density at radius 3 is 3.00 bits per heavy atom. The van der Waals surface area contributed by atoms with E-state index in [1.807, 2.05) is 25.1 Å². The number of hydrogen-bond donors (Lipinski definition) is 0. The van der Waals surface area contributed by atoms with Gasteiger partial charge in [0.15, 0.2) is 0 Å².